The third kappa shape index (κ3) is 5.71. The van der Waals surface area contributed by atoms with E-state index in [1.165, 1.54) is 0 Å². The minimum absolute atomic E-state index is 0.121. The highest BCUT2D eigenvalue weighted by Crippen LogP contribution is 2.08. The second kappa shape index (κ2) is 5.85. The first kappa shape index (κ1) is 13.0. The van der Waals surface area contributed by atoms with Crippen LogP contribution in [-0.4, -0.2) is 20.7 Å². The van der Waals surface area contributed by atoms with Crippen LogP contribution in [0.2, 0.25) is 25.7 Å². The Bertz CT molecular complexity index is 328. The standard InChI is InChI=1S/C13H20O2Si/c1-16(2,3)10-9-15-13(14)11-12-7-5-4-6-8-12/h4-8H,9-11H2,1-3H3. The van der Waals surface area contributed by atoms with Gasteiger partial charge in [0.25, 0.3) is 0 Å². The fourth-order valence-corrected chi connectivity index (χ4v) is 2.00. The van der Waals surface area contributed by atoms with Gasteiger partial charge in [-0.1, -0.05) is 50.0 Å². The number of esters is 1. The number of benzene rings is 1. The molecule has 0 spiro atoms. The van der Waals surface area contributed by atoms with Crippen molar-refractivity contribution in [3.63, 3.8) is 0 Å². The molecule has 0 bridgehead atoms. The van der Waals surface area contributed by atoms with E-state index in [1.54, 1.807) is 0 Å². The fourth-order valence-electron chi connectivity index (χ4n) is 1.28. The molecule has 0 fully saturated rings. The molecular formula is C13H20O2Si. The van der Waals surface area contributed by atoms with E-state index in [0.29, 0.717) is 13.0 Å². The van der Waals surface area contributed by atoms with Crippen LogP contribution >= 0.6 is 0 Å². The average Bonchev–Trinajstić information content (AvgIpc) is 2.17. The smallest absolute Gasteiger partial charge is 0.310 e. The molecule has 0 aliphatic carbocycles. The maximum atomic E-state index is 11.5. The zero-order valence-corrected chi connectivity index (χ0v) is 11.3. The summed E-state index contributed by atoms with van der Waals surface area (Å²) in [7, 11) is -1.09. The van der Waals surface area contributed by atoms with Crippen molar-refractivity contribution >= 4 is 14.0 Å². The predicted molar refractivity (Wildman–Crippen MR) is 69.3 cm³/mol. The van der Waals surface area contributed by atoms with E-state index in [1.807, 2.05) is 30.3 Å². The van der Waals surface area contributed by atoms with Crippen molar-refractivity contribution in [1.29, 1.82) is 0 Å². The number of ether oxygens (including phenoxy) is 1. The van der Waals surface area contributed by atoms with Gasteiger partial charge in [-0.3, -0.25) is 4.79 Å². The van der Waals surface area contributed by atoms with Gasteiger partial charge in [0.15, 0.2) is 0 Å². The predicted octanol–water partition coefficient (Wildman–Crippen LogP) is 3.11. The van der Waals surface area contributed by atoms with Gasteiger partial charge < -0.3 is 4.74 Å². The quantitative estimate of drug-likeness (QED) is 0.580. The van der Waals surface area contributed by atoms with Crippen molar-refractivity contribution in [3.05, 3.63) is 35.9 Å². The van der Waals surface area contributed by atoms with E-state index in [4.69, 9.17) is 4.74 Å². The molecule has 1 aromatic carbocycles. The molecule has 0 aliphatic rings. The Morgan fingerprint density at radius 3 is 2.38 bits per heavy atom. The van der Waals surface area contributed by atoms with Crippen molar-refractivity contribution in [1.82, 2.24) is 0 Å². The van der Waals surface area contributed by atoms with E-state index >= 15 is 0 Å². The summed E-state index contributed by atoms with van der Waals surface area (Å²) in [6, 6.07) is 10.7. The van der Waals surface area contributed by atoms with E-state index in [-0.39, 0.29) is 5.97 Å². The Hall–Kier alpha value is -1.09. The number of hydrogen-bond acceptors (Lipinski definition) is 2. The fraction of sp³-hybridized carbons (Fsp3) is 0.462. The van der Waals surface area contributed by atoms with Crippen LogP contribution < -0.4 is 0 Å². The van der Waals surface area contributed by atoms with Crippen LogP contribution in [0.4, 0.5) is 0 Å². The van der Waals surface area contributed by atoms with E-state index in [0.717, 1.165) is 11.6 Å². The molecule has 1 aromatic rings. The summed E-state index contributed by atoms with van der Waals surface area (Å²) < 4.78 is 5.22. The SMILES string of the molecule is C[Si](C)(C)CCOC(=O)Cc1ccccc1. The number of carbonyl (C=O) groups is 1. The largest absolute Gasteiger partial charge is 0.466 e. The molecule has 0 heterocycles. The lowest BCUT2D eigenvalue weighted by Crippen LogP contribution is -2.23. The van der Waals surface area contributed by atoms with Crippen LogP contribution in [0, 0.1) is 0 Å². The lowest BCUT2D eigenvalue weighted by molar-refractivity contribution is -0.142. The highest BCUT2D eigenvalue weighted by molar-refractivity contribution is 6.76. The topological polar surface area (TPSA) is 26.3 Å². The number of rotatable bonds is 5. The molecule has 0 saturated carbocycles. The molecule has 1 rings (SSSR count). The van der Waals surface area contributed by atoms with E-state index in [9.17, 15) is 4.79 Å². The minimum Gasteiger partial charge on any atom is -0.466 e. The maximum absolute atomic E-state index is 11.5. The minimum atomic E-state index is -1.09. The first-order chi connectivity index (χ1) is 7.47. The number of hydrogen-bond donors (Lipinski definition) is 0. The Balaban J connectivity index is 2.27. The van der Waals surface area contributed by atoms with Gasteiger partial charge in [0.2, 0.25) is 0 Å². The lowest BCUT2D eigenvalue weighted by Gasteiger charge is -2.15. The van der Waals surface area contributed by atoms with Gasteiger partial charge in [-0.2, -0.15) is 0 Å². The summed E-state index contributed by atoms with van der Waals surface area (Å²) in [6.45, 7) is 7.40. The molecule has 3 heteroatoms. The zero-order valence-electron chi connectivity index (χ0n) is 10.3. The van der Waals surface area contributed by atoms with Gasteiger partial charge in [0, 0.05) is 8.07 Å². The Morgan fingerprint density at radius 2 is 1.81 bits per heavy atom. The van der Waals surface area contributed by atoms with Crippen molar-refractivity contribution in [3.8, 4) is 0 Å². The van der Waals surface area contributed by atoms with Gasteiger partial charge in [-0.05, 0) is 11.6 Å². The van der Waals surface area contributed by atoms with Crippen LogP contribution in [-0.2, 0) is 16.0 Å². The van der Waals surface area contributed by atoms with Crippen LogP contribution in [0.25, 0.3) is 0 Å². The first-order valence-electron chi connectivity index (χ1n) is 5.67. The summed E-state index contributed by atoms with van der Waals surface area (Å²) in [6.07, 6.45) is 0.381. The van der Waals surface area contributed by atoms with Crippen LogP contribution in [0.5, 0.6) is 0 Å². The van der Waals surface area contributed by atoms with Gasteiger partial charge >= 0.3 is 5.97 Å². The van der Waals surface area contributed by atoms with Crippen molar-refractivity contribution in [2.75, 3.05) is 6.61 Å². The second-order valence-electron chi connectivity index (χ2n) is 5.19. The van der Waals surface area contributed by atoms with Gasteiger partial charge in [-0.25, -0.2) is 0 Å². The molecule has 0 aromatic heterocycles. The Labute approximate surface area is 98.6 Å². The van der Waals surface area contributed by atoms with Crippen LogP contribution in [0.15, 0.2) is 30.3 Å². The second-order valence-corrected chi connectivity index (χ2v) is 10.8. The first-order valence-corrected chi connectivity index (χ1v) is 9.38. The summed E-state index contributed by atoms with van der Waals surface area (Å²) in [5.74, 6) is -0.121. The summed E-state index contributed by atoms with van der Waals surface area (Å²) in [5.41, 5.74) is 1.01. The number of carbonyl (C=O) groups excluding carboxylic acids is 1. The highest BCUT2D eigenvalue weighted by Gasteiger charge is 2.13. The third-order valence-electron chi connectivity index (χ3n) is 2.31. The maximum Gasteiger partial charge on any atom is 0.310 e. The third-order valence-corrected chi connectivity index (χ3v) is 4.01. The molecule has 0 aliphatic heterocycles. The lowest BCUT2D eigenvalue weighted by atomic mass is 10.2. The highest BCUT2D eigenvalue weighted by atomic mass is 28.3. The van der Waals surface area contributed by atoms with Crippen LogP contribution in [0.1, 0.15) is 5.56 Å². The Morgan fingerprint density at radius 1 is 1.19 bits per heavy atom. The molecule has 2 nitrogen and oxygen atoms in total. The van der Waals surface area contributed by atoms with E-state index in [2.05, 4.69) is 19.6 Å². The Kier molecular flexibility index (Phi) is 4.74. The monoisotopic (exact) mass is 236 g/mol. The summed E-state index contributed by atoms with van der Waals surface area (Å²) >= 11 is 0. The van der Waals surface area contributed by atoms with E-state index < -0.39 is 8.07 Å². The van der Waals surface area contributed by atoms with Crippen molar-refractivity contribution in [2.24, 2.45) is 0 Å². The van der Waals surface area contributed by atoms with Gasteiger partial charge in [-0.15, -0.1) is 0 Å². The molecule has 0 unspecified atom stereocenters. The normalized spacial score (nSPS) is 11.2. The van der Waals surface area contributed by atoms with Gasteiger partial charge in [0.05, 0.1) is 13.0 Å². The molecule has 0 N–H and O–H groups in total. The van der Waals surface area contributed by atoms with Gasteiger partial charge in [0.1, 0.15) is 0 Å². The molecule has 0 radical (unpaired) electrons. The van der Waals surface area contributed by atoms with Crippen molar-refractivity contribution < 1.29 is 9.53 Å². The zero-order chi connectivity index (χ0) is 12.0. The molecule has 88 valence electrons. The molecular weight excluding hydrogens is 216 g/mol. The van der Waals surface area contributed by atoms with Crippen LogP contribution in [0.3, 0.4) is 0 Å². The van der Waals surface area contributed by atoms with Crippen molar-refractivity contribution in [2.45, 2.75) is 32.1 Å². The average molecular weight is 236 g/mol. The summed E-state index contributed by atoms with van der Waals surface area (Å²) in [4.78, 5) is 11.5. The molecule has 0 amide bonds. The summed E-state index contributed by atoms with van der Waals surface area (Å²) in [5, 5.41) is 0. The molecule has 0 atom stereocenters. The molecule has 16 heavy (non-hydrogen) atoms. The molecule has 0 saturated heterocycles.